The molecule has 1 saturated heterocycles. The van der Waals surface area contributed by atoms with E-state index in [4.69, 9.17) is 0 Å². The van der Waals surface area contributed by atoms with Crippen molar-refractivity contribution in [2.75, 3.05) is 26.2 Å². The minimum Gasteiger partial charge on any atom is -0.274 e. The highest BCUT2D eigenvalue weighted by Crippen LogP contribution is 2.26. The minimum atomic E-state index is -3.09. The molecule has 1 aliphatic rings. The van der Waals surface area contributed by atoms with Gasteiger partial charge in [-0.3, -0.25) is 45.4 Å². The largest absolute Gasteiger partial charge is 0.493 e. The molecule has 0 aromatic carbocycles. The van der Waals surface area contributed by atoms with Crippen molar-refractivity contribution in [3.05, 3.63) is 50.6 Å². The van der Waals surface area contributed by atoms with Gasteiger partial charge in [0.15, 0.2) is 5.03 Å². The summed E-state index contributed by atoms with van der Waals surface area (Å²) in [5.41, 5.74) is -6.17. The van der Waals surface area contributed by atoms with E-state index in [1.165, 1.54) is 13.8 Å². The van der Waals surface area contributed by atoms with E-state index in [0.29, 0.717) is 0 Å². The van der Waals surface area contributed by atoms with Crippen molar-refractivity contribution in [3.63, 3.8) is 0 Å². The van der Waals surface area contributed by atoms with Crippen LogP contribution >= 0.6 is 0 Å². The normalized spacial score (nSPS) is 20.0. The molecule has 0 aliphatic carbocycles. The van der Waals surface area contributed by atoms with E-state index in [1.807, 2.05) is 0 Å². The average Bonchev–Trinajstić information content (AvgIpc) is 2.45. The molecule has 0 aromatic rings. The summed E-state index contributed by atoms with van der Waals surface area (Å²) in [6.45, 7) is -2.37. The van der Waals surface area contributed by atoms with Gasteiger partial charge in [0.05, 0.1) is 0 Å². The minimum absolute atomic E-state index is 0.213. The Labute approximate surface area is 143 Å². The number of rotatable bonds is 6. The lowest BCUT2D eigenvalue weighted by Crippen LogP contribution is -2.71. The highest BCUT2D eigenvalue weighted by atomic mass is 16.7. The van der Waals surface area contributed by atoms with Gasteiger partial charge in [-0.05, 0) is 13.8 Å². The first-order valence-electron chi connectivity index (χ1n) is 7.01. The molecule has 0 aromatic heterocycles. The van der Waals surface area contributed by atoms with Crippen LogP contribution in [-0.2, 0) is 0 Å². The summed E-state index contributed by atoms with van der Waals surface area (Å²) in [6, 6.07) is -0.782. The van der Waals surface area contributed by atoms with Gasteiger partial charge in [-0.1, -0.05) is 5.01 Å². The molecule has 17 heteroatoms. The van der Waals surface area contributed by atoms with Gasteiger partial charge in [0.2, 0.25) is 13.1 Å². The van der Waals surface area contributed by atoms with Crippen LogP contribution in [0.15, 0.2) is 0 Å². The molecule has 1 heterocycles. The quantitative estimate of drug-likeness (QED) is 0.297. The molecule has 0 unspecified atom stereocenters. The number of hydrogen-bond acceptors (Lipinski definition) is 11. The summed E-state index contributed by atoms with van der Waals surface area (Å²) in [4.78, 5) is 52.1. The van der Waals surface area contributed by atoms with Crippen molar-refractivity contribution < 1.29 is 24.7 Å². The predicted octanol–water partition coefficient (Wildman–Crippen LogP) is -1.30. The Morgan fingerprint density at radius 1 is 0.692 bits per heavy atom. The summed E-state index contributed by atoms with van der Waals surface area (Å²) >= 11 is 0. The summed E-state index contributed by atoms with van der Waals surface area (Å²) in [6.07, 6.45) is 0. The second-order valence-corrected chi connectivity index (χ2v) is 6.05. The van der Waals surface area contributed by atoms with E-state index in [2.05, 4.69) is 0 Å². The average molecular weight is 381 g/mol. The smallest absolute Gasteiger partial charge is 0.274 e. The standard InChI is InChI=1S/C9H15N7O10/c1-7(2)10-3-8(12(17)18,13(19)20)5-11(16(25)26)6-9(4-10,14(21)22)15(23)24/h7H,3-6H2,1-2H3. The van der Waals surface area contributed by atoms with Crippen LogP contribution in [0.5, 0.6) is 0 Å². The molecule has 0 atom stereocenters. The fraction of sp³-hybridized carbons (Fsp3) is 1.00. The second kappa shape index (κ2) is 6.94. The van der Waals surface area contributed by atoms with E-state index in [0.717, 1.165) is 4.90 Å². The van der Waals surface area contributed by atoms with Crippen molar-refractivity contribution in [1.82, 2.24) is 9.91 Å². The third kappa shape index (κ3) is 3.41. The Kier molecular flexibility index (Phi) is 5.55. The number of nitrogens with zero attached hydrogens (tertiary/aromatic N) is 7. The molecule has 0 amide bonds. The van der Waals surface area contributed by atoms with Crippen molar-refractivity contribution in [3.8, 4) is 0 Å². The lowest BCUT2D eigenvalue weighted by atomic mass is 10.0. The van der Waals surface area contributed by atoms with Crippen molar-refractivity contribution in [2.45, 2.75) is 31.2 Å². The molecule has 26 heavy (non-hydrogen) atoms. The van der Waals surface area contributed by atoms with Crippen LogP contribution in [0.2, 0.25) is 0 Å². The highest BCUT2D eigenvalue weighted by molar-refractivity contribution is 4.87. The zero-order chi connectivity index (χ0) is 20.4. The van der Waals surface area contributed by atoms with Gasteiger partial charge in [-0.2, -0.15) is 0 Å². The first-order valence-corrected chi connectivity index (χ1v) is 7.01. The van der Waals surface area contributed by atoms with Gasteiger partial charge in [0.25, 0.3) is 0 Å². The number of nitro groups is 5. The summed E-state index contributed by atoms with van der Waals surface area (Å²) in [7, 11) is 0. The monoisotopic (exact) mass is 381 g/mol. The Morgan fingerprint density at radius 2 is 1.00 bits per heavy atom. The Morgan fingerprint density at radius 3 is 1.19 bits per heavy atom. The van der Waals surface area contributed by atoms with Crippen molar-refractivity contribution >= 4 is 0 Å². The van der Waals surface area contributed by atoms with Gasteiger partial charge in [-0.25, -0.2) is 10.1 Å². The molecule has 17 nitrogen and oxygen atoms in total. The van der Waals surface area contributed by atoms with Crippen LogP contribution in [0.3, 0.4) is 0 Å². The maximum atomic E-state index is 11.4. The molecule has 1 aliphatic heterocycles. The Hall–Kier alpha value is -3.24. The third-order valence-corrected chi connectivity index (χ3v) is 4.10. The molecule has 0 N–H and O–H groups in total. The zero-order valence-electron chi connectivity index (χ0n) is 13.6. The van der Waals surface area contributed by atoms with Crippen LogP contribution in [0, 0.1) is 50.6 Å². The van der Waals surface area contributed by atoms with Gasteiger partial charge < -0.3 is 0 Å². The summed E-state index contributed by atoms with van der Waals surface area (Å²) in [5, 5.41) is 55.0. The third-order valence-electron chi connectivity index (χ3n) is 4.10. The first-order chi connectivity index (χ1) is 11.8. The zero-order valence-corrected chi connectivity index (χ0v) is 13.6. The molecule has 1 rings (SSSR count). The molecule has 146 valence electrons. The van der Waals surface area contributed by atoms with Gasteiger partial charge in [-0.15, -0.1) is 0 Å². The Balaban J connectivity index is 3.62. The van der Waals surface area contributed by atoms with Gasteiger partial charge in [0, 0.05) is 6.04 Å². The van der Waals surface area contributed by atoms with E-state index < -0.39 is 68.3 Å². The van der Waals surface area contributed by atoms with E-state index in [1.54, 1.807) is 0 Å². The topological polar surface area (TPSA) is 222 Å². The van der Waals surface area contributed by atoms with E-state index in [-0.39, 0.29) is 5.01 Å². The van der Waals surface area contributed by atoms with E-state index in [9.17, 15) is 50.6 Å². The highest BCUT2D eigenvalue weighted by Gasteiger charge is 2.69. The maximum Gasteiger partial charge on any atom is 0.493 e. The van der Waals surface area contributed by atoms with Crippen LogP contribution in [0.25, 0.3) is 0 Å². The van der Waals surface area contributed by atoms with Gasteiger partial charge in [0.1, 0.15) is 32.8 Å². The van der Waals surface area contributed by atoms with E-state index >= 15 is 0 Å². The molecule has 0 bridgehead atoms. The molecule has 0 radical (unpaired) electrons. The predicted molar refractivity (Wildman–Crippen MR) is 78.7 cm³/mol. The first kappa shape index (κ1) is 20.8. The maximum absolute atomic E-state index is 11.4. The molecule has 0 saturated carbocycles. The van der Waals surface area contributed by atoms with Crippen molar-refractivity contribution in [2.24, 2.45) is 0 Å². The van der Waals surface area contributed by atoms with Crippen LogP contribution in [-0.4, -0.2) is 78.2 Å². The van der Waals surface area contributed by atoms with Crippen LogP contribution < -0.4 is 0 Å². The SMILES string of the molecule is CC(C)N1CC([N+](=O)[O-])([N+](=O)[O-])CN([N+](=O)[O-])CC([N+](=O)[O-])([N+](=O)[O-])C1. The molecular weight excluding hydrogens is 366 g/mol. The fourth-order valence-electron chi connectivity index (χ4n) is 2.52. The lowest BCUT2D eigenvalue weighted by Gasteiger charge is -2.34. The number of hydrogen-bond donors (Lipinski definition) is 0. The Bertz CT molecular complexity index is 579. The van der Waals surface area contributed by atoms with Gasteiger partial charge >= 0.3 is 11.3 Å². The lowest BCUT2D eigenvalue weighted by molar-refractivity contribution is -0.832. The molecular formula is C9H15N7O10. The van der Waals surface area contributed by atoms with Crippen LogP contribution in [0.4, 0.5) is 0 Å². The molecule has 1 fully saturated rings. The van der Waals surface area contributed by atoms with Crippen LogP contribution in [0.1, 0.15) is 13.8 Å². The summed E-state index contributed by atoms with van der Waals surface area (Å²) in [5.74, 6) is 0. The summed E-state index contributed by atoms with van der Waals surface area (Å²) < 4.78 is 0. The fourth-order valence-corrected chi connectivity index (χ4v) is 2.52. The second-order valence-electron chi connectivity index (χ2n) is 6.05. The number of hydrazine groups is 1. The molecule has 0 spiro atoms. The van der Waals surface area contributed by atoms with Crippen molar-refractivity contribution in [1.29, 1.82) is 0 Å².